The molecule has 3 amide bonds. The molecule has 4 heterocycles. The van der Waals surface area contributed by atoms with Gasteiger partial charge < -0.3 is 23.6 Å². The van der Waals surface area contributed by atoms with Crippen molar-refractivity contribution >= 4 is 29.8 Å². The summed E-state index contributed by atoms with van der Waals surface area (Å²) < 4.78 is 36.9. The Hall–Kier alpha value is -5.19. The number of rotatable bonds is 6. The summed E-state index contributed by atoms with van der Waals surface area (Å²) in [6.45, 7) is 11.4. The van der Waals surface area contributed by atoms with Crippen molar-refractivity contribution in [1.29, 1.82) is 5.26 Å². The van der Waals surface area contributed by atoms with Gasteiger partial charge in [-0.2, -0.15) is 5.26 Å². The highest BCUT2D eigenvalue weighted by atomic mass is 19.1. The SMILES string of the molecule is CC(C)(C)OC(=O)N1CC2C(C1)C2(C#N)c1ccc(-c2ccc(N3C[C@H](CN(C(=O)OC(C)(C)C)c4ccon4)OC3=O)cc2F)cn1. The largest absolute Gasteiger partial charge is 0.444 e. The summed E-state index contributed by atoms with van der Waals surface area (Å²) >= 11 is 0. The van der Waals surface area contributed by atoms with Crippen molar-refractivity contribution in [1.82, 2.24) is 15.0 Å². The van der Waals surface area contributed by atoms with Crippen LogP contribution in [0.25, 0.3) is 11.1 Å². The van der Waals surface area contributed by atoms with E-state index in [4.69, 9.17) is 18.7 Å². The van der Waals surface area contributed by atoms with Gasteiger partial charge in [-0.25, -0.2) is 18.8 Å². The van der Waals surface area contributed by atoms with Crippen LogP contribution in [0.4, 0.5) is 30.3 Å². The van der Waals surface area contributed by atoms with Gasteiger partial charge in [0.1, 0.15) is 34.8 Å². The predicted molar refractivity (Wildman–Crippen MR) is 169 cm³/mol. The topological polar surface area (TPSA) is 151 Å². The predicted octanol–water partition coefficient (Wildman–Crippen LogP) is 5.90. The summed E-state index contributed by atoms with van der Waals surface area (Å²) in [4.78, 5) is 46.9. The maximum atomic E-state index is 15.5. The molecule has 2 aliphatic heterocycles. The summed E-state index contributed by atoms with van der Waals surface area (Å²) in [6.07, 6.45) is 0.315. The molecule has 0 N–H and O–H groups in total. The van der Waals surface area contributed by atoms with Crippen LogP contribution in [-0.4, -0.2) is 76.8 Å². The zero-order chi connectivity index (χ0) is 34.6. The molecule has 3 fully saturated rings. The number of piperidine rings is 1. The molecule has 0 spiro atoms. The molecule has 2 aromatic heterocycles. The fourth-order valence-electron chi connectivity index (χ4n) is 6.37. The Labute approximate surface area is 277 Å². The number of carbonyl (C=O) groups is 3. The number of nitrogens with zero attached hydrogens (tertiary/aromatic N) is 6. The van der Waals surface area contributed by atoms with E-state index >= 15 is 4.39 Å². The van der Waals surface area contributed by atoms with E-state index in [1.807, 2.05) is 20.8 Å². The number of hydrogen-bond donors (Lipinski definition) is 0. The second kappa shape index (κ2) is 11.8. The lowest BCUT2D eigenvalue weighted by molar-refractivity contribution is 0.0265. The second-order valence-electron chi connectivity index (χ2n) is 14.2. The van der Waals surface area contributed by atoms with Gasteiger partial charge in [0, 0.05) is 48.3 Å². The van der Waals surface area contributed by atoms with E-state index in [9.17, 15) is 19.6 Å². The number of hydrogen-bond acceptors (Lipinski definition) is 10. The smallest absolute Gasteiger partial charge is 0.416 e. The molecule has 3 aromatic rings. The molecule has 0 radical (unpaired) electrons. The lowest BCUT2D eigenvalue weighted by Gasteiger charge is -2.27. The van der Waals surface area contributed by atoms with Crippen molar-refractivity contribution in [3.05, 3.63) is 60.4 Å². The van der Waals surface area contributed by atoms with Gasteiger partial charge in [-0.3, -0.25) is 14.8 Å². The molecule has 1 aromatic carbocycles. The first-order valence-electron chi connectivity index (χ1n) is 15.6. The normalized spacial score (nSPS) is 23.3. The molecule has 2 unspecified atom stereocenters. The van der Waals surface area contributed by atoms with E-state index in [1.165, 1.54) is 34.4 Å². The minimum absolute atomic E-state index is 0.0505. The third-order valence-corrected chi connectivity index (χ3v) is 8.55. The van der Waals surface area contributed by atoms with E-state index in [0.29, 0.717) is 24.3 Å². The van der Waals surface area contributed by atoms with Gasteiger partial charge in [0.25, 0.3) is 0 Å². The van der Waals surface area contributed by atoms with Crippen molar-refractivity contribution in [2.24, 2.45) is 11.8 Å². The van der Waals surface area contributed by atoms with Gasteiger partial charge in [-0.1, -0.05) is 11.2 Å². The zero-order valence-electron chi connectivity index (χ0n) is 27.6. The first-order chi connectivity index (χ1) is 22.6. The number of nitriles is 1. The van der Waals surface area contributed by atoms with Crippen molar-refractivity contribution in [2.75, 3.05) is 36.0 Å². The standard InChI is InChI=1S/C34H37FN6O7/c1-32(2,3)47-29(42)39-17-24-25(18-39)34(24,19-36)27-10-7-20(14-37-27)23-9-8-21(13-26(23)35)40-15-22(46-30(40)43)16-41(28-11-12-45-38-28)31(44)48-33(4,5)6/h7-14,22,24-25H,15-18H2,1-6H3/t22-,24?,25?,34?/m1/s1. The number of benzene rings is 1. The average Bonchev–Trinajstić information content (AvgIpc) is 3.52. The number of amides is 3. The summed E-state index contributed by atoms with van der Waals surface area (Å²) in [6, 6.07) is 11.8. The zero-order valence-corrected chi connectivity index (χ0v) is 27.6. The number of carbonyl (C=O) groups excluding carboxylic acids is 3. The quantitative estimate of drug-likeness (QED) is 0.292. The van der Waals surface area contributed by atoms with Gasteiger partial charge in [-0.15, -0.1) is 0 Å². The summed E-state index contributed by atoms with van der Waals surface area (Å²) in [5.74, 6) is -0.495. The maximum absolute atomic E-state index is 15.5. The molecule has 3 aliphatic rings. The Kier molecular flexibility index (Phi) is 8.05. The summed E-state index contributed by atoms with van der Waals surface area (Å²) in [7, 11) is 0. The molecule has 2 saturated heterocycles. The number of cyclic esters (lactones) is 1. The van der Waals surface area contributed by atoms with Crippen LogP contribution in [0.3, 0.4) is 0 Å². The van der Waals surface area contributed by atoms with Crippen LogP contribution >= 0.6 is 0 Å². The molecule has 6 rings (SSSR count). The van der Waals surface area contributed by atoms with Crippen molar-refractivity contribution in [3.8, 4) is 17.2 Å². The van der Waals surface area contributed by atoms with Crippen molar-refractivity contribution in [2.45, 2.75) is 64.3 Å². The minimum Gasteiger partial charge on any atom is -0.444 e. The lowest BCUT2D eigenvalue weighted by Crippen LogP contribution is -2.42. The molecule has 0 bridgehead atoms. The number of likely N-dealkylation sites (tertiary alicyclic amines) is 1. The molecule has 13 nitrogen and oxygen atoms in total. The fraction of sp³-hybridized carbons (Fsp3) is 0.471. The van der Waals surface area contributed by atoms with E-state index in [1.54, 1.807) is 49.9 Å². The maximum Gasteiger partial charge on any atom is 0.416 e. The molecule has 1 aliphatic carbocycles. The average molecular weight is 661 g/mol. The summed E-state index contributed by atoms with van der Waals surface area (Å²) in [5, 5.41) is 14.0. The van der Waals surface area contributed by atoms with Crippen LogP contribution in [0.5, 0.6) is 0 Å². The lowest BCUT2D eigenvalue weighted by atomic mass is 9.95. The van der Waals surface area contributed by atoms with Crippen LogP contribution in [0.15, 0.2) is 53.4 Å². The number of halogens is 1. The third kappa shape index (κ3) is 6.24. The van der Waals surface area contributed by atoms with Gasteiger partial charge in [0.15, 0.2) is 5.82 Å². The number of anilines is 2. The number of pyridine rings is 1. The first kappa shape index (κ1) is 32.7. The Morgan fingerprint density at radius 3 is 2.33 bits per heavy atom. The van der Waals surface area contributed by atoms with E-state index < -0.39 is 46.8 Å². The Bertz CT molecular complexity index is 1750. The monoisotopic (exact) mass is 660 g/mol. The van der Waals surface area contributed by atoms with Gasteiger partial charge in [-0.05, 0) is 65.8 Å². The first-order valence-corrected chi connectivity index (χ1v) is 15.6. The van der Waals surface area contributed by atoms with E-state index in [2.05, 4.69) is 16.2 Å². The highest BCUT2D eigenvalue weighted by molar-refractivity contribution is 5.91. The number of ether oxygens (including phenoxy) is 3. The molecule has 252 valence electrons. The third-order valence-electron chi connectivity index (χ3n) is 8.55. The van der Waals surface area contributed by atoms with Crippen LogP contribution < -0.4 is 9.80 Å². The molecule has 3 atom stereocenters. The number of aromatic nitrogens is 2. The van der Waals surface area contributed by atoms with Crippen molar-refractivity contribution in [3.63, 3.8) is 0 Å². The van der Waals surface area contributed by atoms with Gasteiger partial charge in [0.2, 0.25) is 0 Å². The molecular weight excluding hydrogens is 623 g/mol. The Morgan fingerprint density at radius 2 is 1.77 bits per heavy atom. The minimum atomic E-state index is -0.807. The van der Waals surface area contributed by atoms with Gasteiger partial charge >= 0.3 is 18.3 Å². The molecule has 1 saturated carbocycles. The van der Waals surface area contributed by atoms with Crippen LogP contribution in [0.2, 0.25) is 0 Å². The van der Waals surface area contributed by atoms with Crippen LogP contribution in [0.1, 0.15) is 47.2 Å². The van der Waals surface area contributed by atoms with Crippen molar-refractivity contribution < 1.29 is 37.5 Å². The van der Waals surface area contributed by atoms with E-state index in [-0.39, 0.29) is 42.0 Å². The van der Waals surface area contributed by atoms with E-state index in [0.717, 1.165) is 0 Å². The Morgan fingerprint density at radius 1 is 1.06 bits per heavy atom. The highest BCUT2D eigenvalue weighted by Crippen LogP contribution is 2.63. The Balaban J connectivity index is 1.12. The summed E-state index contributed by atoms with van der Waals surface area (Å²) in [5.41, 5.74) is -0.554. The molecular formula is C34H37FN6O7. The molecule has 14 heteroatoms. The number of fused-ring (bicyclic) bond motifs is 1. The van der Waals surface area contributed by atoms with Crippen LogP contribution in [0, 0.1) is 29.0 Å². The fourth-order valence-corrected chi connectivity index (χ4v) is 6.37. The highest BCUT2D eigenvalue weighted by Gasteiger charge is 2.71. The molecule has 48 heavy (non-hydrogen) atoms. The second-order valence-corrected chi connectivity index (χ2v) is 14.2. The van der Waals surface area contributed by atoms with Gasteiger partial charge in [0.05, 0.1) is 30.5 Å². The van der Waals surface area contributed by atoms with Crippen LogP contribution in [-0.2, 0) is 19.6 Å².